The second kappa shape index (κ2) is 9.19. The summed E-state index contributed by atoms with van der Waals surface area (Å²) < 4.78 is 52.5. The monoisotopic (exact) mass is 472 g/mol. The van der Waals surface area contributed by atoms with Crippen molar-refractivity contribution >= 4 is 22.7 Å². The van der Waals surface area contributed by atoms with Gasteiger partial charge in [-0.25, -0.2) is 4.98 Å². The summed E-state index contributed by atoms with van der Waals surface area (Å²) in [4.78, 5) is 18.1. The van der Waals surface area contributed by atoms with Gasteiger partial charge in [-0.05, 0) is 35.9 Å². The summed E-state index contributed by atoms with van der Waals surface area (Å²) in [5.74, 6) is 0.851. The Morgan fingerprint density at radius 2 is 1.70 bits per heavy atom. The second-order valence-electron chi connectivity index (χ2n) is 7.03. The first-order valence-corrected chi connectivity index (χ1v) is 10.8. The Balaban J connectivity index is 1.89. The molecule has 0 spiro atoms. The molecule has 0 saturated carbocycles. The van der Waals surface area contributed by atoms with Gasteiger partial charge >= 0.3 is 6.18 Å². The molecule has 0 radical (unpaired) electrons. The Kier molecular flexibility index (Phi) is 6.33. The first-order valence-electron chi connectivity index (χ1n) is 9.85. The van der Waals surface area contributed by atoms with Gasteiger partial charge in [-0.15, -0.1) is 0 Å². The molecule has 4 rings (SSSR count). The van der Waals surface area contributed by atoms with Crippen LogP contribution in [-0.4, -0.2) is 23.8 Å². The molecule has 0 N–H and O–H groups in total. The van der Waals surface area contributed by atoms with E-state index >= 15 is 0 Å². The number of benzene rings is 3. The predicted octanol–water partition coefficient (Wildman–Crippen LogP) is 5.71. The average Bonchev–Trinajstić information content (AvgIpc) is 2.82. The van der Waals surface area contributed by atoms with Gasteiger partial charge in [-0.2, -0.15) is 13.2 Å². The lowest BCUT2D eigenvalue weighted by Gasteiger charge is -2.17. The van der Waals surface area contributed by atoms with E-state index in [4.69, 9.17) is 9.47 Å². The van der Waals surface area contributed by atoms with Crippen LogP contribution < -0.4 is 15.0 Å². The van der Waals surface area contributed by atoms with Crippen LogP contribution in [0.25, 0.3) is 16.6 Å². The summed E-state index contributed by atoms with van der Waals surface area (Å²) in [5.41, 5.74) is -0.148. The van der Waals surface area contributed by atoms with Crippen molar-refractivity contribution in [3.05, 3.63) is 88.2 Å². The molecule has 0 aliphatic rings. The summed E-state index contributed by atoms with van der Waals surface area (Å²) in [6.07, 6.45) is -4.48. The third kappa shape index (κ3) is 4.54. The Bertz CT molecular complexity index is 1370. The van der Waals surface area contributed by atoms with Crippen LogP contribution in [0.3, 0.4) is 0 Å². The fourth-order valence-electron chi connectivity index (χ4n) is 3.46. The number of hydrogen-bond donors (Lipinski definition) is 0. The van der Waals surface area contributed by atoms with Gasteiger partial charge in [-0.3, -0.25) is 9.36 Å². The van der Waals surface area contributed by atoms with Gasteiger partial charge in [0.05, 0.1) is 36.4 Å². The Morgan fingerprint density at radius 3 is 2.42 bits per heavy atom. The molecule has 1 heterocycles. The van der Waals surface area contributed by atoms with E-state index in [1.807, 2.05) is 0 Å². The van der Waals surface area contributed by atoms with Crippen LogP contribution in [0.2, 0.25) is 0 Å². The molecular formula is C24H19F3N2O3S. The van der Waals surface area contributed by atoms with E-state index in [0.717, 1.165) is 17.8 Å². The molecule has 0 aliphatic heterocycles. The lowest BCUT2D eigenvalue weighted by atomic mass is 10.1. The van der Waals surface area contributed by atoms with E-state index in [-0.39, 0.29) is 22.0 Å². The Morgan fingerprint density at radius 1 is 0.970 bits per heavy atom. The third-order valence-electron chi connectivity index (χ3n) is 5.05. The zero-order valence-corrected chi connectivity index (χ0v) is 18.5. The molecule has 9 heteroatoms. The molecule has 1 aromatic heterocycles. The number of para-hydroxylation sites is 1. The van der Waals surface area contributed by atoms with Crippen molar-refractivity contribution in [1.82, 2.24) is 9.55 Å². The van der Waals surface area contributed by atoms with Crippen molar-refractivity contribution in [2.24, 2.45) is 0 Å². The fourth-order valence-corrected chi connectivity index (χ4v) is 4.47. The molecule has 0 saturated heterocycles. The molecule has 4 aromatic rings. The quantitative estimate of drug-likeness (QED) is 0.266. The molecule has 0 bridgehead atoms. The first kappa shape index (κ1) is 22.7. The van der Waals surface area contributed by atoms with Crippen molar-refractivity contribution in [2.45, 2.75) is 17.1 Å². The van der Waals surface area contributed by atoms with Gasteiger partial charge in [-0.1, -0.05) is 42.1 Å². The number of halogens is 3. The molecule has 170 valence electrons. The smallest absolute Gasteiger partial charge is 0.416 e. The standard InChI is InChI=1S/C24H19F3N2O3S/c1-31-16-11-12-21(32-2)20(13-16)29-22(30)17-8-4-6-10-19(17)28-23(29)33-14-15-7-3-5-9-18(15)24(25,26)27/h3-13H,14H2,1-2H3. The number of fused-ring (bicyclic) bond motifs is 1. The molecule has 0 atom stereocenters. The summed E-state index contributed by atoms with van der Waals surface area (Å²) in [7, 11) is 2.97. The van der Waals surface area contributed by atoms with Gasteiger partial charge < -0.3 is 9.47 Å². The second-order valence-corrected chi connectivity index (χ2v) is 7.98. The molecule has 3 aromatic carbocycles. The number of rotatable bonds is 6. The van der Waals surface area contributed by atoms with Gasteiger partial charge in [0.1, 0.15) is 11.5 Å². The summed E-state index contributed by atoms with van der Waals surface area (Å²) >= 11 is 1.04. The highest BCUT2D eigenvalue weighted by Crippen LogP contribution is 2.36. The Labute approximate surface area is 191 Å². The minimum atomic E-state index is -4.48. The lowest BCUT2D eigenvalue weighted by Crippen LogP contribution is -2.22. The van der Waals surface area contributed by atoms with E-state index in [2.05, 4.69) is 4.98 Å². The van der Waals surface area contributed by atoms with Crippen molar-refractivity contribution in [1.29, 1.82) is 0 Å². The summed E-state index contributed by atoms with van der Waals surface area (Å²) in [6.45, 7) is 0. The number of ether oxygens (including phenoxy) is 2. The maximum Gasteiger partial charge on any atom is 0.416 e. The zero-order valence-electron chi connectivity index (χ0n) is 17.7. The number of nitrogens with zero attached hydrogens (tertiary/aromatic N) is 2. The molecular weight excluding hydrogens is 453 g/mol. The maximum atomic E-state index is 13.5. The van der Waals surface area contributed by atoms with Crippen LogP contribution in [0.5, 0.6) is 11.5 Å². The number of aromatic nitrogens is 2. The highest BCUT2D eigenvalue weighted by Gasteiger charge is 2.33. The number of hydrogen-bond acceptors (Lipinski definition) is 5. The number of alkyl halides is 3. The highest BCUT2D eigenvalue weighted by atomic mass is 32.2. The minimum Gasteiger partial charge on any atom is -0.497 e. The number of methoxy groups -OCH3 is 2. The fraction of sp³-hybridized carbons (Fsp3) is 0.167. The molecule has 0 fully saturated rings. The predicted molar refractivity (Wildman–Crippen MR) is 121 cm³/mol. The molecule has 0 aliphatic carbocycles. The lowest BCUT2D eigenvalue weighted by molar-refractivity contribution is -0.138. The maximum absolute atomic E-state index is 13.5. The van der Waals surface area contributed by atoms with Gasteiger partial charge in [0.2, 0.25) is 0 Å². The van der Waals surface area contributed by atoms with Crippen LogP contribution in [0.15, 0.2) is 76.7 Å². The van der Waals surface area contributed by atoms with Crippen LogP contribution in [0.4, 0.5) is 13.2 Å². The molecule has 5 nitrogen and oxygen atoms in total. The van der Waals surface area contributed by atoms with Crippen LogP contribution in [-0.2, 0) is 11.9 Å². The average molecular weight is 472 g/mol. The molecule has 0 unspecified atom stereocenters. The van der Waals surface area contributed by atoms with Gasteiger partial charge in [0.25, 0.3) is 5.56 Å². The molecule has 33 heavy (non-hydrogen) atoms. The Hall–Kier alpha value is -3.46. The van der Waals surface area contributed by atoms with Crippen molar-refractivity contribution in [3.63, 3.8) is 0 Å². The SMILES string of the molecule is COc1ccc(OC)c(-n2c(SCc3ccccc3C(F)(F)F)nc3ccccc3c2=O)c1. The van der Waals surface area contributed by atoms with Crippen molar-refractivity contribution in [2.75, 3.05) is 14.2 Å². The van der Waals surface area contributed by atoms with Crippen LogP contribution in [0, 0.1) is 0 Å². The van der Waals surface area contributed by atoms with Gasteiger partial charge in [0, 0.05) is 11.8 Å². The minimum absolute atomic E-state index is 0.0350. The van der Waals surface area contributed by atoms with E-state index in [9.17, 15) is 18.0 Å². The van der Waals surface area contributed by atoms with E-state index in [1.54, 1.807) is 48.5 Å². The van der Waals surface area contributed by atoms with E-state index in [1.165, 1.54) is 30.9 Å². The normalized spacial score (nSPS) is 11.5. The third-order valence-corrected chi connectivity index (χ3v) is 6.04. The largest absolute Gasteiger partial charge is 0.497 e. The zero-order chi connectivity index (χ0) is 23.6. The number of thioether (sulfide) groups is 1. The van der Waals surface area contributed by atoms with Crippen molar-refractivity contribution in [3.8, 4) is 17.2 Å². The van der Waals surface area contributed by atoms with Gasteiger partial charge in [0.15, 0.2) is 5.16 Å². The summed E-state index contributed by atoms with van der Waals surface area (Å²) in [5, 5.41) is 0.615. The van der Waals surface area contributed by atoms with E-state index in [0.29, 0.717) is 28.1 Å². The highest BCUT2D eigenvalue weighted by molar-refractivity contribution is 7.98. The molecule has 0 amide bonds. The van der Waals surface area contributed by atoms with Crippen LogP contribution >= 0.6 is 11.8 Å². The van der Waals surface area contributed by atoms with Crippen molar-refractivity contribution < 1.29 is 22.6 Å². The summed E-state index contributed by atoms with van der Waals surface area (Å²) in [6, 6.07) is 17.2. The van der Waals surface area contributed by atoms with Crippen LogP contribution in [0.1, 0.15) is 11.1 Å². The van der Waals surface area contributed by atoms with E-state index < -0.39 is 11.7 Å². The topological polar surface area (TPSA) is 53.4 Å². The first-order chi connectivity index (χ1) is 15.8.